The van der Waals surface area contributed by atoms with E-state index in [2.05, 4.69) is 22.3 Å². The fraction of sp³-hybridized carbons (Fsp3) is 0.486. The third-order valence-corrected chi connectivity index (χ3v) is 9.84. The zero-order valence-corrected chi connectivity index (χ0v) is 25.8. The maximum Gasteiger partial charge on any atom is 0.573 e. The van der Waals surface area contributed by atoms with E-state index in [0.29, 0.717) is 37.9 Å². The van der Waals surface area contributed by atoms with E-state index in [4.69, 9.17) is 9.47 Å². The normalized spacial score (nSPS) is 28.4. The summed E-state index contributed by atoms with van der Waals surface area (Å²) < 4.78 is 55.7. The topological polar surface area (TPSA) is 68.3 Å². The van der Waals surface area contributed by atoms with Gasteiger partial charge < -0.3 is 19.1 Å². The van der Waals surface area contributed by atoms with Crippen LogP contribution in [0.1, 0.15) is 56.7 Å². The Bertz CT molecular complexity index is 1520. The van der Waals surface area contributed by atoms with Crippen LogP contribution in [0, 0.1) is 5.92 Å². The molecule has 2 aromatic carbocycles. The first-order valence-electron chi connectivity index (χ1n) is 15.6. The molecule has 0 unspecified atom stereocenters. The Kier molecular flexibility index (Phi) is 8.00. The zero-order chi connectivity index (χ0) is 32.1. The highest BCUT2D eigenvalue weighted by Crippen LogP contribution is 2.65. The first kappa shape index (κ1) is 31.2. The molecule has 2 aromatic rings. The highest BCUT2D eigenvalue weighted by molar-refractivity contribution is 5.92. The van der Waals surface area contributed by atoms with Crippen molar-refractivity contribution in [1.82, 2.24) is 9.80 Å². The summed E-state index contributed by atoms with van der Waals surface area (Å²) in [6.07, 6.45) is 2.08. The van der Waals surface area contributed by atoms with E-state index in [-0.39, 0.29) is 35.6 Å². The van der Waals surface area contributed by atoms with Gasteiger partial charge >= 0.3 is 12.3 Å². The van der Waals surface area contributed by atoms with E-state index in [1.165, 1.54) is 42.8 Å². The first-order chi connectivity index (χ1) is 21.4. The average molecular weight is 625 g/mol. The van der Waals surface area contributed by atoms with Gasteiger partial charge in [0.2, 0.25) is 5.91 Å². The maximum atomic E-state index is 14.0. The van der Waals surface area contributed by atoms with Gasteiger partial charge in [-0.15, -0.1) is 19.8 Å². The fourth-order valence-electron chi connectivity index (χ4n) is 8.57. The minimum absolute atomic E-state index is 0.0682. The number of alkyl halides is 3. The summed E-state index contributed by atoms with van der Waals surface area (Å²) in [6.45, 7) is 11.4. The van der Waals surface area contributed by atoms with Gasteiger partial charge in [0.05, 0.1) is 17.5 Å². The molecule has 2 aliphatic carbocycles. The number of amides is 1. The Morgan fingerprint density at radius 2 is 1.98 bits per heavy atom. The second-order valence-corrected chi connectivity index (χ2v) is 13.0. The molecule has 240 valence electrons. The highest BCUT2D eigenvalue weighted by atomic mass is 19.4. The van der Waals surface area contributed by atoms with Crippen molar-refractivity contribution in [1.29, 1.82) is 0 Å². The van der Waals surface area contributed by atoms with Gasteiger partial charge in [0.15, 0.2) is 0 Å². The molecule has 5 atom stereocenters. The van der Waals surface area contributed by atoms with Crippen molar-refractivity contribution in [2.24, 2.45) is 5.92 Å². The molecule has 1 spiro atoms. The van der Waals surface area contributed by atoms with Crippen LogP contribution in [-0.2, 0) is 26.2 Å². The van der Waals surface area contributed by atoms with Crippen molar-refractivity contribution in [3.05, 3.63) is 77.9 Å². The van der Waals surface area contributed by atoms with Crippen molar-refractivity contribution >= 4 is 18.0 Å². The number of ether oxygens (including phenoxy) is 3. The maximum absolute atomic E-state index is 14.0. The molecule has 45 heavy (non-hydrogen) atoms. The van der Waals surface area contributed by atoms with Crippen LogP contribution in [0.25, 0.3) is 6.08 Å². The van der Waals surface area contributed by atoms with Crippen LogP contribution >= 0.6 is 0 Å². The molecule has 4 aliphatic rings. The number of nitrogens with zero attached hydrogens (tertiary/aromatic N) is 2. The Balaban J connectivity index is 1.39. The lowest BCUT2D eigenvalue weighted by molar-refractivity contribution is -0.274. The molecule has 1 saturated heterocycles. The van der Waals surface area contributed by atoms with Crippen LogP contribution in [0.3, 0.4) is 0 Å². The molecule has 2 fully saturated rings. The summed E-state index contributed by atoms with van der Waals surface area (Å²) in [5.74, 6) is -0.0306. The van der Waals surface area contributed by atoms with Gasteiger partial charge in [0.25, 0.3) is 0 Å². The molecule has 6 rings (SSSR count). The quantitative estimate of drug-likeness (QED) is 0.192. The van der Waals surface area contributed by atoms with Crippen molar-refractivity contribution < 1.29 is 37.0 Å². The lowest BCUT2D eigenvalue weighted by Gasteiger charge is -2.65. The Labute approximate surface area is 261 Å². The number of hydrogen-bond acceptors (Lipinski definition) is 6. The highest BCUT2D eigenvalue weighted by Gasteiger charge is 2.75. The molecule has 2 heterocycles. The number of halogens is 3. The monoisotopic (exact) mass is 624 g/mol. The van der Waals surface area contributed by atoms with E-state index in [9.17, 15) is 22.8 Å². The molecule has 2 aliphatic heterocycles. The third-order valence-electron chi connectivity index (χ3n) is 9.84. The van der Waals surface area contributed by atoms with Crippen LogP contribution in [0.5, 0.6) is 11.5 Å². The molecule has 2 bridgehead atoms. The molecule has 10 heteroatoms. The molecule has 7 nitrogen and oxygen atoms in total. The van der Waals surface area contributed by atoms with Gasteiger partial charge in [-0.2, -0.15) is 0 Å². The smallest absolute Gasteiger partial charge is 0.487 e. The van der Waals surface area contributed by atoms with Gasteiger partial charge in [0.1, 0.15) is 23.2 Å². The zero-order valence-electron chi connectivity index (χ0n) is 25.8. The molecule has 0 radical (unpaired) electrons. The van der Waals surface area contributed by atoms with E-state index in [1.54, 1.807) is 6.07 Å². The van der Waals surface area contributed by atoms with Crippen molar-refractivity contribution in [2.75, 3.05) is 19.6 Å². The Hall–Kier alpha value is -3.79. The number of benzene rings is 2. The van der Waals surface area contributed by atoms with Crippen molar-refractivity contribution in [3.63, 3.8) is 0 Å². The molecule has 0 aromatic heterocycles. The minimum atomic E-state index is -4.81. The average Bonchev–Trinajstić information content (AvgIpc) is 3.30. The number of esters is 1. The van der Waals surface area contributed by atoms with E-state index in [0.717, 1.165) is 24.3 Å². The molecule has 0 N–H and O–H groups in total. The van der Waals surface area contributed by atoms with Crippen LogP contribution in [0.4, 0.5) is 13.2 Å². The second-order valence-electron chi connectivity index (χ2n) is 13.0. The van der Waals surface area contributed by atoms with Gasteiger partial charge in [-0.1, -0.05) is 44.2 Å². The largest absolute Gasteiger partial charge is 0.573 e. The fourth-order valence-corrected chi connectivity index (χ4v) is 8.57. The lowest BCUT2D eigenvalue weighted by Crippen LogP contribution is -2.79. The van der Waals surface area contributed by atoms with Crippen molar-refractivity contribution in [3.8, 4) is 11.5 Å². The Morgan fingerprint density at radius 3 is 2.69 bits per heavy atom. The molecule has 1 amide bonds. The first-order valence-corrected chi connectivity index (χ1v) is 15.6. The van der Waals surface area contributed by atoms with Crippen molar-refractivity contribution in [2.45, 2.75) is 82.0 Å². The number of carbonyl (C=O) groups excluding carboxylic acids is 2. The van der Waals surface area contributed by atoms with Gasteiger partial charge in [-0.05, 0) is 67.0 Å². The summed E-state index contributed by atoms with van der Waals surface area (Å²) in [7, 11) is 0. The molecular formula is C35H39F3N2O5. The predicted molar refractivity (Wildman–Crippen MR) is 163 cm³/mol. The minimum Gasteiger partial charge on any atom is -0.487 e. The van der Waals surface area contributed by atoms with E-state index in [1.807, 2.05) is 37.0 Å². The van der Waals surface area contributed by atoms with Crippen LogP contribution in [0.2, 0.25) is 0 Å². The summed E-state index contributed by atoms with van der Waals surface area (Å²) in [5.41, 5.74) is 1.22. The summed E-state index contributed by atoms with van der Waals surface area (Å²) in [5, 5.41) is 0. The van der Waals surface area contributed by atoms with Gasteiger partial charge in [-0.25, -0.2) is 0 Å². The van der Waals surface area contributed by atoms with Crippen LogP contribution in [-0.4, -0.2) is 71.5 Å². The van der Waals surface area contributed by atoms with Crippen LogP contribution in [0.15, 0.2) is 61.2 Å². The molecule has 1 saturated carbocycles. The van der Waals surface area contributed by atoms with Gasteiger partial charge in [-0.3, -0.25) is 14.5 Å². The number of rotatable bonds is 9. The third kappa shape index (κ3) is 5.30. The number of likely N-dealkylation sites (tertiary alicyclic amines) is 1. The second kappa shape index (κ2) is 11.5. The Morgan fingerprint density at radius 1 is 1.20 bits per heavy atom. The summed E-state index contributed by atoms with van der Waals surface area (Å²) in [4.78, 5) is 31.1. The number of carbonyl (C=O) groups is 2. The molecular weight excluding hydrogens is 585 g/mol. The standard InChI is InChI=1S/C35H39F3N2O5/c1-5-17-39-18-16-33-31-25-9-7-11-28(31)43-32(33)27(14-15-34(33,29(39)20-25)44-23(4)41)40(21-22(2)3)30(42)13-12-24-8-6-10-26(19-24)45-35(36,37)38/h5-13,19,22,27,29,32H,1,14-18,20-21H2,2-4H3/t27-,29+,32-,33-,34+/m0/s1. The summed E-state index contributed by atoms with van der Waals surface area (Å²) in [6, 6.07) is 11.2. The number of hydrogen-bond donors (Lipinski definition) is 0. The summed E-state index contributed by atoms with van der Waals surface area (Å²) >= 11 is 0. The SMILES string of the molecule is C=CCN1CC[C@]23c4c5cccc4O[C@H]2[C@@H](N(CC(C)C)C(=O)C=Cc2cccc(OC(F)(F)F)c2)CC[C@@]3(OC(C)=O)[C@H]1C5. The van der Waals surface area contributed by atoms with Gasteiger partial charge in [0, 0.05) is 38.2 Å². The lowest BCUT2D eigenvalue weighted by atomic mass is 9.48. The number of piperidine rings is 1. The van der Waals surface area contributed by atoms with Crippen LogP contribution < -0.4 is 9.47 Å². The van der Waals surface area contributed by atoms with E-state index < -0.39 is 23.5 Å². The predicted octanol–water partition coefficient (Wildman–Crippen LogP) is 6.06. The van der Waals surface area contributed by atoms with E-state index >= 15 is 0 Å².